The molecule has 0 saturated carbocycles. The van der Waals surface area contributed by atoms with E-state index in [1.165, 1.54) is 6.08 Å². The molecule has 0 aliphatic carbocycles. The molecule has 0 spiro atoms. The number of aliphatic imine (C=N–C) groups is 1. The van der Waals surface area contributed by atoms with E-state index in [4.69, 9.17) is 5.73 Å². The summed E-state index contributed by atoms with van der Waals surface area (Å²) in [6, 6.07) is -0.353. The molecule has 0 aromatic heterocycles. The summed E-state index contributed by atoms with van der Waals surface area (Å²) in [4.78, 5) is 15.8. The summed E-state index contributed by atoms with van der Waals surface area (Å²) >= 11 is 0. The smallest absolute Gasteiger partial charge is 0.339 e. The number of hydrogen-bond donors (Lipinski definition) is 3. The van der Waals surface area contributed by atoms with Crippen molar-refractivity contribution in [2.45, 2.75) is 33.7 Å². The maximum absolute atomic E-state index is 11.5. The number of amidine groups is 1. The predicted molar refractivity (Wildman–Crippen MR) is 111 cm³/mol. The topological polar surface area (TPSA) is 87.7 Å². The Balaban J connectivity index is 5.62. The highest BCUT2D eigenvalue weighted by molar-refractivity contribution is 6.17. The van der Waals surface area contributed by atoms with Gasteiger partial charge in [0.1, 0.15) is 11.4 Å². The number of nitrogens with one attached hydrogen (secondary N) is 1. The van der Waals surface area contributed by atoms with Gasteiger partial charge in [0.25, 0.3) is 0 Å². The Kier molecular flexibility index (Phi) is 10.1. The van der Waals surface area contributed by atoms with E-state index in [9.17, 15) is 9.90 Å². The summed E-state index contributed by atoms with van der Waals surface area (Å²) in [5.74, 6) is -1.15. The first-order valence-corrected chi connectivity index (χ1v) is 8.16. The minimum absolute atomic E-state index is 0.0273. The Labute approximate surface area is 156 Å². The maximum Gasteiger partial charge on any atom is 0.339 e. The van der Waals surface area contributed by atoms with E-state index in [1.807, 2.05) is 26.8 Å². The Morgan fingerprint density at radius 3 is 2.38 bits per heavy atom. The molecular weight excluding hydrogens is 326 g/mol. The van der Waals surface area contributed by atoms with Gasteiger partial charge >= 0.3 is 5.97 Å². The molecule has 26 heavy (non-hydrogen) atoms. The fraction of sp³-hybridized carbons (Fsp3) is 0.238. The van der Waals surface area contributed by atoms with Gasteiger partial charge in [-0.3, -0.25) is 4.99 Å². The van der Waals surface area contributed by atoms with Crippen molar-refractivity contribution in [1.29, 1.82) is 0 Å². The minimum atomic E-state index is -1.12. The summed E-state index contributed by atoms with van der Waals surface area (Å²) in [5.41, 5.74) is 9.02. The van der Waals surface area contributed by atoms with Gasteiger partial charge in [0.05, 0.1) is 6.04 Å². The molecule has 0 heterocycles. The monoisotopic (exact) mass is 355 g/mol. The van der Waals surface area contributed by atoms with Crippen LogP contribution in [-0.2, 0) is 4.79 Å². The fourth-order valence-electron chi connectivity index (χ4n) is 1.91. The number of carboxylic acids is 1. The lowest BCUT2D eigenvalue weighted by molar-refractivity contribution is -0.132. The van der Waals surface area contributed by atoms with Crippen LogP contribution in [0, 0.1) is 0 Å². The zero-order chi connectivity index (χ0) is 20.3. The van der Waals surface area contributed by atoms with Gasteiger partial charge < -0.3 is 16.2 Å². The second-order valence-corrected chi connectivity index (χ2v) is 5.72. The number of hydrogen-bond acceptors (Lipinski definition) is 3. The molecule has 0 aromatic carbocycles. The van der Waals surface area contributed by atoms with E-state index >= 15 is 0 Å². The van der Waals surface area contributed by atoms with Crippen LogP contribution in [0.15, 0.2) is 89.3 Å². The molecule has 0 aromatic rings. The van der Waals surface area contributed by atoms with Crippen molar-refractivity contribution in [1.82, 2.24) is 5.32 Å². The largest absolute Gasteiger partial charge is 0.478 e. The van der Waals surface area contributed by atoms with E-state index in [2.05, 4.69) is 30.0 Å². The van der Waals surface area contributed by atoms with Crippen LogP contribution >= 0.6 is 0 Å². The summed E-state index contributed by atoms with van der Waals surface area (Å²) in [5, 5.41) is 12.3. The van der Waals surface area contributed by atoms with E-state index in [0.717, 1.165) is 16.7 Å². The van der Waals surface area contributed by atoms with Crippen molar-refractivity contribution in [3.05, 3.63) is 84.3 Å². The van der Waals surface area contributed by atoms with Gasteiger partial charge in [-0.15, -0.1) is 0 Å². The van der Waals surface area contributed by atoms with Gasteiger partial charge in [-0.25, -0.2) is 4.79 Å². The van der Waals surface area contributed by atoms with Gasteiger partial charge in [0, 0.05) is 11.9 Å². The van der Waals surface area contributed by atoms with Crippen molar-refractivity contribution < 1.29 is 9.90 Å². The third-order valence-corrected chi connectivity index (χ3v) is 3.50. The van der Waals surface area contributed by atoms with Crippen LogP contribution in [0.4, 0.5) is 0 Å². The van der Waals surface area contributed by atoms with Crippen LogP contribution < -0.4 is 11.1 Å². The standard InChI is InChI=1S/C21H29N3O2/c1-8-15(5)13-19(21(25)26)20(22)24-17(7)18(14(3)4)11-10-12-23-16(6)9-2/h8-13,17,23H,2-3,6H2,1,4-5,7H3,(H2,22,24)(H,25,26)/b12-10-,15-8-,18-11+,19-13+. The molecule has 1 unspecified atom stereocenters. The van der Waals surface area contributed by atoms with Crippen LogP contribution in [0.25, 0.3) is 0 Å². The molecule has 0 rings (SSSR count). The lowest BCUT2D eigenvalue weighted by Crippen LogP contribution is -2.24. The zero-order valence-corrected chi connectivity index (χ0v) is 16.0. The first-order valence-electron chi connectivity index (χ1n) is 8.16. The number of nitrogens with two attached hydrogens (primary N) is 1. The lowest BCUT2D eigenvalue weighted by atomic mass is 10.0. The molecule has 0 radical (unpaired) electrons. The van der Waals surface area contributed by atoms with Crippen molar-refractivity contribution in [3.63, 3.8) is 0 Å². The third kappa shape index (κ3) is 8.15. The van der Waals surface area contributed by atoms with Gasteiger partial charge in [-0.2, -0.15) is 0 Å². The molecule has 1 atom stereocenters. The molecule has 0 bridgehead atoms. The van der Waals surface area contributed by atoms with Gasteiger partial charge in [-0.05, 0) is 51.5 Å². The molecule has 0 aliphatic heterocycles. The van der Waals surface area contributed by atoms with Gasteiger partial charge in [0.2, 0.25) is 0 Å². The number of aliphatic carboxylic acids is 1. The average molecular weight is 355 g/mol. The summed E-state index contributed by atoms with van der Waals surface area (Å²) in [6.45, 7) is 18.6. The number of carboxylic acid groups (broad SMARTS) is 1. The predicted octanol–water partition coefficient (Wildman–Crippen LogP) is 4.01. The molecular formula is C21H29N3O2. The second kappa shape index (κ2) is 11.5. The number of nitrogens with zero attached hydrogens (tertiary/aromatic N) is 1. The third-order valence-electron chi connectivity index (χ3n) is 3.50. The highest BCUT2D eigenvalue weighted by atomic mass is 16.4. The fourth-order valence-corrected chi connectivity index (χ4v) is 1.91. The molecule has 0 aliphatic rings. The first kappa shape index (κ1) is 22.9. The Morgan fingerprint density at radius 2 is 1.92 bits per heavy atom. The SMILES string of the molecule is C=CC(=C)N/C=C\C=C(/C(=C)C)C(C)N=C(N)/C(=C\C(C)=C/C)C(=O)O. The highest BCUT2D eigenvalue weighted by Crippen LogP contribution is 2.16. The van der Waals surface area contributed by atoms with Crippen LogP contribution in [0.3, 0.4) is 0 Å². The van der Waals surface area contributed by atoms with Crippen molar-refractivity contribution in [3.8, 4) is 0 Å². The van der Waals surface area contributed by atoms with Crippen LogP contribution in [0.2, 0.25) is 0 Å². The second-order valence-electron chi connectivity index (χ2n) is 5.72. The number of allylic oxidation sites excluding steroid dienone is 6. The van der Waals surface area contributed by atoms with E-state index in [1.54, 1.807) is 31.4 Å². The quantitative estimate of drug-likeness (QED) is 0.239. The van der Waals surface area contributed by atoms with Gasteiger partial charge in [-0.1, -0.05) is 43.0 Å². The molecule has 5 heteroatoms. The molecule has 0 fully saturated rings. The van der Waals surface area contributed by atoms with E-state index in [-0.39, 0.29) is 17.5 Å². The molecule has 5 nitrogen and oxygen atoms in total. The Morgan fingerprint density at radius 1 is 1.31 bits per heavy atom. The summed E-state index contributed by atoms with van der Waals surface area (Å²) < 4.78 is 0. The zero-order valence-electron chi connectivity index (χ0n) is 16.0. The minimum Gasteiger partial charge on any atom is -0.478 e. The van der Waals surface area contributed by atoms with Crippen molar-refractivity contribution in [2.75, 3.05) is 0 Å². The molecule has 0 amide bonds. The summed E-state index contributed by atoms with van der Waals surface area (Å²) in [6.07, 6.45) is 10.3. The van der Waals surface area contributed by atoms with Crippen molar-refractivity contribution in [2.24, 2.45) is 10.7 Å². The summed E-state index contributed by atoms with van der Waals surface area (Å²) in [7, 11) is 0. The van der Waals surface area contributed by atoms with Crippen LogP contribution in [0.5, 0.6) is 0 Å². The first-order chi connectivity index (χ1) is 12.1. The molecule has 0 saturated heterocycles. The molecule has 140 valence electrons. The maximum atomic E-state index is 11.5. The average Bonchev–Trinajstić information content (AvgIpc) is 2.57. The van der Waals surface area contributed by atoms with E-state index in [0.29, 0.717) is 5.70 Å². The van der Waals surface area contributed by atoms with Crippen molar-refractivity contribution >= 4 is 11.8 Å². The Bertz CT molecular complexity index is 720. The van der Waals surface area contributed by atoms with Crippen LogP contribution in [0.1, 0.15) is 27.7 Å². The van der Waals surface area contributed by atoms with E-state index < -0.39 is 5.97 Å². The number of carbonyl (C=O) groups is 1. The van der Waals surface area contributed by atoms with Crippen LogP contribution in [-0.4, -0.2) is 23.0 Å². The lowest BCUT2D eigenvalue weighted by Gasteiger charge is -2.13. The van der Waals surface area contributed by atoms with Gasteiger partial charge in [0.15, 0.2) is 0 Å². The number of rotatable bonds is 10. The highest BCUT2D eigenvalue weighted by Gasteiger charge is 2.15. The molecule has 4 N–H and O–H groups in total. The Hall–Kier alpha value is -3.08. The normalized spacial score (nSPS) is 14.9.